The second-order valence-corrected chi connectivity index (χ2v) is 9.77. The Morgan fingerprint density at radius 2 is 1.70 bits per heavy atom. The van der Waals surface area contributed by atoms with Crippen LogP contribution in [0.2, 0.25) is 10.0 Å². The van der Waals surface area contributed by atoms with E-state index in [1.807, 2.05) is 30.3 Å². The number of aromatic nitrogens is 2. The summed E-state index contributed by atoms with van der Waals surface area (Å²) in [5.74, 6) is 0.799. The first-order valence-corrected chi connectivity index (χ1v) is 11.7. The van der Waals surface area contributed by atoms with E-state index in [9.17, 15) is 8.42 Å². The fourth-order valence-electron chi connectivity index (χ4n) is 3.87. The summed E-state index contributed by atoms with van der Waals surface area (Å²) in [5.41, 5.74) is 1.36. The average Bonchev–Trinajstić information content (AvgIpc) is 3.22. The molecule has 1 fully saturated rings. The van der Waals surface area contributed by atoms with Gasteiger partial charge in [-0.3, -0.25) is 0 Å². The Balaban J connectivity index is 1.79. The number of pyridine rings is 1. The maximum atomic E-state index is 13.5. The lowest BCUT2D eigenvalue weighted by Crippen LogP contribution is -2.44. The molecule has 0 radical (unpaired) electrons. The van der Waals surface area contributed by atoms with Crippen molar-refractivity contribution in [1.29, 1.82) is 0 Å². The van der Waals surface area contributed by atoms with Crippen LogP contribution in [0.25, 0.3) is 21.8 Å². The van der Waals surface area contributed by atoms with Crippen LogP contribution in [-0.4, -0.2) is 43.6 Å². The monoisotopic (exact) mass is 460 g/mol. The molecule has 154 valence electrons. The standard InChI is InChI=1S/C21H18Cl2N4O2S/c22-17-6-5-14(13-18(17)23)30(28,29)27-10-7-16-20(27)15-3-1-2-4-19(15)25-21(16)26-11-8-24-9-12-26/h1-7,10,13,24H,8-9,11-12H2. The second kappa shape index (κ2) is 7.42. The van der Waals surface area contributed by atoms with Crippen LogP contribution in [0, 0.1) is 0 Å². The Hall–Kier alpha value is -2.32. The van der Waals surface area contributed by atoms with E-state index < -0.39 is 10.0 Å². The fraction of sp³-hybridized carbons (Fsp3) is 0.190. The molecule has 2 aromatic carbocycles. The second-order valence-electron chi connectivity index (χ2n) is 7.14. The van der Waals surface area contributed by atoms with Gasteiger partial charge in [0, 0.05) is 43.1 Å². The number of fused-ring (bicyclic) bond motifs is 3. The van der Waals surface area contributed by atoms with Gasteiger partial charge in [0.05, 0.1) is 26.0 Å². The lowest BCUT2D eigenvalue weighted by atomic mass is 10.1. The number of hydrogen-bond donors (Lipinski definition) is 1. The van der Waals surface area contributed by atoms with Crippen molar-refractivity contribution >= 4 is 60.8 Å². The highest BCUT2D eigenvalue weighted by Crippen LogP contribution is 2.35. The zero-order chi connectivity index (χ0) is 20.9. The molecule has 5 rings (SSSR count). The predicted molar refractivity (Wildman–Crippen MR) is 121 cm³/mol. The molecule has 4 aromatic rings. The Morgan fingerprint density at radius 1 is 0.933 bits per heavy atom. The summed E-state index contributed by atoms with van der Waals surface area (Å²) in [6.45, 7) is 3.34. The summed E-state index contributed by atoms with van der Waals surface area (Å²) >= 11 is 12.1. The summed E-state index contributed by atoms with van der Waals surface area (Å²) in [6, 6.07) is 13.8. The molecule has 0 spiro atoms. The quantitative estimate of drug-likeness (QED) is 0.497. The lowest BCUT2D eigenvalue weighted by Gasteiger charge is -2.29. The molecule has 2 aromatic heterocycles. The number of rotatable bonds is 3. The highest BCUT2D eigenvalue weighted by atomic mass is 35.5. The fourth-order valence-corrected chi connectivity index (χ4v) is 5.63. The highest BCUT2D eigenvalue weighted by Gasteiger charge is 2.25. The highest BCUT2D eigenvalue weighted by molar-refractivity contribution is 7.90. The third-order valence-corrected chi connectivity index (χ3v) is 7.75. The van der Waals surface area contributed by atoms with Gasteiger partial charge < -0.3 is 10.2 Å². The zero-order valence-corrected chi connectivity index (χ0v) is 18.2. The minimum absolute atomic E-state index is 0.0824. The number of nitrogens with one attached hydrogen (secondary N) is 1. The van der Waals surface area contributed by atoms with Crippen molar-refractivity contribution in [1.82, 2.24) is 14.3 Å². The predicted octanol–water partition coefficient (Wildman–Crippen LogP) is 4.14. The van der Waals surface area contributed by atoms with Crippen molar-refractivity contribution in [2.24, 2.45) is 0 Å². The van der Waals surface area contributed by atoms with Gasteiger partial charge in [-0.1, -0.05) is 41.4 Å². The maximum Gasteiger partial charge on any atom is 0.268 e. The molecule has 0 aliphatic carbocycles. The molecular weight excluding hydrogens is 443 g/mol. The van der Waals surface area contributed by atoms with Gasteiger partial charge in [0.25, 0.3) is 10.0 Å². The normalized spacial score (nSPS) is 15.2. The largest absolute Gasteiger partial charge is 0.353 e. The minimum atomic E-state index is -3.89. The SMILES string of the molecule is O=S(=O)(c1ccc(Cl)c(Cl)c1)n1ccc2c(N3CCNCC3)nc3ccccc3c21. The van der Waals surface area contributed by atoms with E-state index in [-0.39, 0.29) is 9.92 Å². The van der Waals surface area contributed by atoms with Gasteiger partial charge in [-0.2, -0.15) is 0 Å². The van der Waals surface area contributed by atoms with Crippen molar-refractivity contribution in [3.8, 4) is 0 Å². The molecule has 0 bridgehead atoms. The third-order valence-electron chi connectivity index (χ3n) is 5.34. The van der Waals surface area contributed by atoms with Gasteiger partial charge in [0.15, 0.2) is 0 Å². The maximum absolute atomic E-state index is 13.5. The molecule has 9 heteroatoms. The molecular formula is C21H18Cl2N4O2S. The van der Waals surface area contributed by atoms with E-state index in [2.05, 4.69) is 10.2 Å². The van der Waals surface area contributed by atoms with Crippen molar-refractivity contribution in [3.63, 3.8) is 0 Å². The van der Waals surface area contributed by atoms with Gasteiger partial charge in [0.1, 0.15) is 5.82 Å². The smallest absolute Gasteiger partial charge is 0.268 e. The van der Waals surface area contributed by atoms with Gasteiger partial charge in [0.2, 0.25) is 0 Å². The van der Waals surface area contributed by atoms with E-state index in [0.29, 0.717) is 10.5 Å². The van der Waals surface area contributed by atoms with E-state index >= 15 is 0 Å². The number of nitrogens with zero attached hydrogens (tertiary/aromatic N) is 3. The van der Waals surface area contributed by atoms with Crippen LogP contribution < -0.4 is 10.2 Å². The molecule has 1 aliphatic rings. The minimum Gasteiger partial charge on any atom is -0.353 e. The number of para-hydroxylation sites is 1. The Morgan fingerprint density at radius 3 is 2.47 bits per heavy atom. The molecule has 0 saturated carbocycles. The summed E-state index contributed by atoms with van der Waals surface area (Å²) in [5, 5.41) is 5.42. The van der Waals surface area contributed by atoms with Crippen molar-refractivity contribution in [2.75, 3.05) is 31.1 Å². The topological polar surface area (TPSA) is 67.2 Å². The van der Waals surface area contributed by atoms with Gasteiger partial charge >= 0.3 is 0 Å². The first-order chi connectivity index (χ1) is 14.5. The van der Waals surface area contributed by atoms with E-state index in [1.165, 1.54) is 22.2 Å². The number of halogens is 2. The Bertz CT molecular complexity index is 1380. The summed E-state index contributed by atoms with van der Waals surface area (Å²) in [4.78, 5) is 7.15. The van der Waals surface area contributed by atoms with Crippen LogP contribution in [-0.2, 0) is 10.0 Å². The van der Waals surface area contributed by atoms with Crippen LogP contribution in [0.1, 0.15) is 0 Å². The molecule has 1 N–H and O–H groups in total. The van der Waals surface area contributed by atoms with Crippen LogP contribution in [0.3, 0.4) is 0 Å². The molecule has 30 heavy (non-hydrogen) atoms. The van der Waals surface area contributed by atoms with Crippen LogP contribution in [0.4, 0.5) is 5.82 Å². The molecule has 0 amide bonds. The first kappa shape index (κ1) is 19.6. The first-order valence-electron chi connectivity index (χ1n) is 9.53. The van der Waals surface area contributed by atoms with Crippen LogP contribution in [0.15, 0.2) is 59.6 Å². The van der Waals surface area contributed by atoms with E-state index in [4.69, 9.17) is 28.2 Å². The Kier molecular flexibility index (Phi) is 4.86. The lowest BCUT2D eigenvalue weighted by molar-refractivity contribution is 0.586. The van der Waals surface area contributed by atoms with Gasteiger partial charge in [-0.05, 0) is 30.3 Å². The molecule has 1 saturated heterocycles. The molecule has 6 nitrogen and oxygen atoms in total. The van der Waals surface area contributed by atoms with E-state index in [0.717, 1.165) is 48.3 Å². The van der Waals surface area contributed by atoms with Crippen LogP contribution >= 0.6 is 23.2 Å². The van der Waals surface area contributed by atoms with Crippen LogP contribution in [0.5, 0.6) is 0 Å². The van der Waals surface area contributed by atoms with Crippen molar-refractivity contribution in [3.05, 3.63) is 64.8 Å². The molecule has 3 heterocycles. The number of hydrogen-bond acceptors (Lipinski definition) is 5. The third kappa shape index (κ3) is 3.13. The van der Waals surface area contributed by atoms with Crippen molar-refractivity contribution in [2.45, 2.75) is 4.90 Å². The molecule has 0 atom stereocenters. The zero-order valence-electron chi connectivity index (χ0n) is 15.8. The van der Waals surface area contributed by atoms with Crippen molar-refractivity contribution < 1.29 is 8.42 Å². The molecule has 1 aliphatic heterocycles. The molecule has 0 unspecified atom stereocenters. The number of piperazine rings is 1. The van der Waals surface area contributed by atoms with Gasteiger partial charge in [-0.25, -0.2) is 17.4 Å². The summed E-state index contributed by atoms with van der Waals surface area (Å²) in [7, 11) is -3.89. The number of benzene rings is 2. The van der Waals surface area contributed by atoms with Gasteiger partial charge in [-0.15, -0.1) is 0 Å². The average molecular weight is 461 g/mol. The summed E-state index contributed by atoms with van der Waals surface area (Å²) < 4.78 is 28.4. The summed E-state index contributed by atoms with van der Waals surface area (Å²) in [6.07, 6.45) is 1.59. The Labute approximate surface area is 184 Å². The number of anilines is 1. The van der Waals surface area contributed by atoms with E-state index in [1.54, 1.807) is 6.20 Å².